The molecule has 2 amide bonds. The number of unbranched alkanes of at least 4 members (excludes halogenated alkanes) is 1. The quantitative estimate of drug-likeness (QED) is 0.274. The Kier molecular flexibility index (Phi) is 8.16. The predicted octanol–water partition coefficient (Wildman–Crippen LogP) is 6.69. The molecule has 1 heterocycles. The fourth-order valence-electron chi connectivity index (χ4n) is 4.90. The molecule has 206 valence electrons. The fraction of sp³-hybridized carbons (Fsp3) is 0.467. The van der Waals surface area contributed by atoms with Gasteiger partial charge < -0.3 is 20.1 Å². The zero-order valence-corrected chi connectivity index (χ0v) is 23.6. The summed E-state index contributed by atoms with van der Waals surface area (Å²) >= 11 is 1.57. The van der Waals surface area contributed by atoms with Gasteiger partial charge in [-0.25, -0.2) is 9.59 Å². The molecule has 3 aromatic rings. The molecule has 8 nitrogen and oxygen atoms in total. The highest BCUT2D eigenvalue weighted by Crippen LogP contribution is 2.45. The van der Waals surface area contributed by atoms with Gasteiger partial charge in [-0.2, -0.15) is 0 Å². The van der Waals surface area contributed by atoms with Crippen LogP contribution in [0.25, 0.3) is 11.1 Å². The number of hydrogen-bond acceptors (Lipinski definition) is 7. The molecule has 0 saturated heterocycles. The van der Waals surface area contributed by atoms with E-state index in [1.807, 2.05) is 45.0 Å². The molecule has 0 aliphatic heterocycles. The molecule has 39 heavy (non-hydrogen) atoms. The first-order valence-corrected chi connectivity index (χ1v) is 14.5. The third-order valence-electron chi connectivity index (χ3n) is 6.90. The highest BCUT2D eigenvalue weighted by Gasteiger charge is 2.31. The number of fused-ring (bicyclic) bond motifs is 3. The van der Waals surface area contributed by atoms with Gasteiger partial charge in [0, 0.05) is 18.4 Å². The average molecular weight is 549 g/mol. The average Bonchev–Trinajstić information content (AvgIpc) is 3.54. The van der Waals surface area contributed by atoms with Crippen molar-refractivity contribution >= 4 is 23.5 Å². The number of nitrogens with zero attached hydrogens (tertiary/aromatic N) is 2. The third-order valence-corrected chi connectivity index (χ3v) is 8.10. The van der Waals surface area contributed by atoms with Crippen LogP contribution in [-0.2, 0) is 9.47 Å². The zero-order valence-electron chi connectivity index (χ0n) is 22.7. The highest BCUT2D eigenvalue weighted by atomic mass is 32.1. The topological polar surface area (TPSA) is 102 Å². The van der Waals surface area contributed by atoms with Crippen LogP contribution in [0.4, 0.5) is 9.59 Å². The lowest BCUT2D eigenvalue weighted by molar-refractivity contribution is 0.0527. The maximum atomic E-state index is 13.0. The summed E-state index contributed by atoms with van der Waals surface area (Å²) in [4.78, 5) is 24.9. The molecule has 1 saturated carbocycles. The first kappa shape index (κ1) is 27.1. The van der Waals surface area contributed by atoms with E-state index in [1.165, 1.54) is 22.3 Å². The minimum Gasteiger partial charge on any atom is -0.449 e. The van der Waals surface area contributed by atoms with Gasteiger partial charge in [-0.15, -0.1) is 10.2 Å². The second-order valence-electron chi connectivity index (χ2n) is 11.2. The number of rotatable bonds is 10. The maximum Gasteiger partial charge on any atom is 0.407 e. The number of hydrogen-bond donors (Lipinski definition) is 2. The van der Waals surface area contributed by atoms with Crippen molar-refractivity contribution in [2.24, 2.45) is 0 Å². The lowest BCUT2D eigenvalue weighted by Gasteiger charge is -2.20. The van der Waals surface area contributed by atoms with Crippen molar-refractivity contribution in [2.45, 2.75) is 76.4 Å². The van der Waals surface area contributed by atoms with Gasteiger partial charge in [-0.05, 0) is 75.1 Å². The summed E-state index contributed by atoms with van der Waals surface area (Å²) in [7, 11) is 0. The Balaban J connectivity index is 1.17. The largest absolute Gasteiger partial charge is 0.449 e. The smallest absolute Gasteiger partial charge is 0.407 e. The van der Waals surface area contributed by atoms with Crippen molar-refractivity contribution in [1.29, 1.82) is 0 Å². The standard InChI is InChI=1S/C30H36N4O4S/c1-30(2,3)38-28(35)31-17-9-8-14-25(27-34-33-26(39-27)19-15-16-19)32-29(36)37-18-24-22-12-6-4-10-20(22)21-11-5-7-13-23(21)24/h4-7,10-13,19,24-25H,8-9,14-18H2,1-3H3,(H,31,35)(H,32,36)/t25-/m0/s1. The predicted molar refractivity (Wildman–Crippen MR) is 151 cm³/mol. The first-order chi connectivity index (χ1) is 18.8. The molecule has 0 unspecified atom stereocenters. The minimum atomic E-state index is -0.529. The van der Waals surface area contributed by atoms with Crippen molar-refractivity contribution in [3.63, 3.8) is 0 Å². The van der Waals surface area contributed by atoms with E-state index in [-0.39, 0.29) is 18.6 Å². The normalized spacial score (nSPS) is 15.3. The summed E-state index contributed by atoms with van der Waals surface area (Å²) in [5, 5.41) is 16.4. The molecular weight excluding hydrogens is 512 g/mol. The summed E-state index contributed by atoms with van der Waals surface area (Å²) in [6, 6.07) is 16.3. The molecule has 0 bridgehead atoms. The maximum absolute atomic E-state index is 13.0. The van der Waals surface area contributed by atoms with Crippen molar-refractivity contribution in [1.82, 2.24) is 20.8 Å². The Morgan fingerprint density at radius 3 is 2.28 bits per heavy atom. The van der Waals surface area contributed by atoms with Gasteiger partial charge in [-0.3, -0.25) is 0 Å². The van der Waals surface area contributed by atoms with Crippen LogP contribution in [0.3, 0.4) is 0 Å². The Bertz CT molecular complexity index is 1270. The van der Waals surface area contributed by atoms with Gasteiger partial charge in [0.25, 0.3) is 0 Å². The van der Waals surface area contributed by atoms with Crippen LogP contribution < -0.4 is 10.6 Å². The van der Waals surface area contributed by atoms with Crippen molar-refractivity contribution in [3.05, 3.63) is 69.7 Å². The second-order valence-corrected chi connectivity index (χ2v) is 12.2. The Hall–Kier alpha value is -3.46. The number of nitrogens with one attached hydrogen (secondary N) is 2. The van der Waals surface area contributed by atoms with Gasteiger partial charge in [0.2, 0.25) is 0 Å². The summed E-state index contributed by atoms with van der Waals surface area (Å²) in [5.74, 6) is 0.507. The van der Waals surface area contributed by atoms with Crippen molar-refractivity contribution < 1.29 is 19.1 Å². The van der Waals surface area contributed by atoms with Crippen LogP contribution >= 0.6 is 11.3 Å². The van der Waals surface area contributed by atoms with Crippen LogP contribution in [0.1, 0.15) is 91.9 Å². The lowest BCUT2D eigenvalue weighted by atomic mass is 9.98. The molecule has 2 aliphatic carbocycles. The van der Waals surface area contributed by atoms with Gasteiger partial charge in [0.05, 0.1) is 6.04 Å². The molecule has 9 heteroatoms. The van der Waals surface area contributed by atoms with Gasteiger partial charge in [-0.1, -0.05) is 59.9 Å². The second kappa shape index (κ2) is 11.7. The van der Waals surface area contributed by atoms with Gasteiger partial charge >= 0.3 is 12.2 Å². The number of amides is 2. The minimum absolute atomic E-state index is 0.00327. The molecule has 1 atom stereocenters. The van der Waals surface area contributed by atoms with Crippen LogP contribution in [0, 0.1) is 0 Å². The van der Waals surface area contributed by atoms with Crippen LogP contribution in [0.2, 0.25) is 0 Å². The molecular formula is C30H36N4O4S. The monoisotopic (exact) mass is 548 g/mol. The third kappa shape index (κ3) is 6.95. The Labute approximate surface area is 233 Å². The van der Waals surface area contributed by atoms with E-state index in [9.17, 15) is 9.59 Å². The van der Waals surface area contributed by atoms with E-state index in [0.29, 0.717) is 18.9 Å². The number of alkyl carbamates (subject to hydrolysis) is 2. The number of carbonyl (C=O) groups is 2. The van der Waals surface area contributed by atoms with Crippen LogP contribution in [0.5, 0.6) is 0 Å². The summed E-state index contributed by atoms with van der Waals surface area (Å²) < 4.78 is 11.1. The lowest BCUT2D eigenvalue weighted by Crippen LogP contribution is -2.33. The number of ether oxygens (including phenoxy) is 2. The van der Waals surface area contributed by atoms with E-state index >= 15 is 0 Å². The number of benzene rings is 2. The summed E-state index contributed by atoms with van der Waals surface area (Å²) in [5.41, 5.74) is 4.22. The fourth-order valence-corrected chi connectivity index (χ4v) is 6.00. The molecule has 2 aliphatic rings. The molecule has 2 N–H and O–H groups in total. The Morgan fingerprint density at radius 2 is 1.64 bits per heavy atom. The van der Waals surface area contributed by atoms with E-state index in [1.54, 1.807) is 11.3 Å². The van der Waals surface area contributed by atoms with E-state index < -0.39 is 17.8 Å². The number of carbonyl (C=O) groups excluding carboxylic acids is 2. The van der Waals surface area contributed by atoms with Crippen molar-refractivity contribution in [2.75, 3.05) is 13.2 Å². The van der Waals surface area contributed by atoms with Crippen LogP contribution in [-0.4, -0.2) is 41.1 Å². The highest BCUT2D eigenvalue weighted by molar-refractivity contribution is 7.11. The van der Waals surface area contributed by atoms with Crippen molar-refractivity contribution in [3.8, 4) is 11.1 Å². The molecule has 1 fully saturated rings. The molecule has 0 spiro atoms. The summed E-state index contributed by atoms with van der Waals surface area (Å²) in [6.07, 6.45) is 3.61. The van der Waals surface area contributed by atoms with Gasteiger partial charge in [0.1, 0.15) is 22.2 Å². The molecule has 0 radical (unpaired) electrons. The molecule has 5 rings (SSSR count). The first-order valence-electron chi connectivity index (χ1n) is 13.7. The zero-order chi connectivity index (χ0) is 27.4. The Morgan fingerprint density at radius 1 is 0.974 bits per heavy atom. The van der Waals surface area contributed by atoms with Gasteiger partial charge in [0.15, 0.2) is 0 Å². The molecule has 2 aromatic carbocycles. The summed E-state index contributed by atoms with van der Waals surface area (Å²) in [6.45, 7) is 6.27. The van der Waals surface area contributed by atoms with E-state index in [4.69, 9.17) is 9.47 Å². The number of aromatic nitrogens is 2. The molecule has 1 aromatic heterocycles. The SMILES string of the molecule is CC(C)(C)OC(=O)NCCCC[C@H](NC(=O)OCC1c2ccccc2-c2ccccc21)c1nnc(C2CC2)s1. The van der Waals surface area contributed by atoms with E-state index in [2.05, 4.69) is 45.1 Å². The van der Waals surface area contributed by atoms with Crippen LogP contribution in [0.15, 0.2) is 48.5 Å². The van der Waals surface area contributed by atoms with E-state index in [0.717, 1.165) is 35.7 Å².